The van der Waals surface area contributed by atoms with E-state index in [1.807, 2.05) is 13.0 Å². The van der Waals surface area contributed by atoms with Gasteiger partial charge in [-0.1, -0.05) is 33.6 Å². The second-order valence-electron chi connectivity index (χ2n) is 4.36. The Labute approximate surface area is 134 Å². The van der Waals surface area contributed by atoms with Crippen LogP contribution in [0.4, 0.5) is 11.4 Å². The number of anilines is 1. The van der Waals surface area contributed by atoms with Crippen molar-refractivity contribution in [1.82, 2.24) is 0 Å². The lowest BCUT2D eigenvalue weighted by Gasteiger charge is -2.08. The highest BCUT2D eigenvalue weighted by atomic mass is 79.9. The molecule has 108 valence electrons. The second kappa shape index (κ2) is 6.24. The zero-order chi connectivity index (χ0) is 15.6. The minimum absolute atomic E-state index is 0.0356. The highest BCUT2D eigenvalue weighted by molar-refractivity contribution is 9.10. The SMILES string of the molecule is Cc1cc(Br)cc(NC(=O)c2c(Cl)cccc2[N+](=O)[O-])c1. The van der Waals surface area contributed by atoms with Crippen LogP contribution in [0.3, 0.4) is 0 Å². The Kier molecular flexibility index (Phi) is 4.59. The van der Waals surface area contributed by atoms with Crippen molar-refractivity contribution >= 4 is 44.8 Å². The first-order valence-corrected chi connectivity index (χ1v) is 7.07. The Morgan fingerprint density at radius 2 is 2.05 bits per heavy atom. The number of carbonyl (C=O) groups is 1. The zero-order valence-electron chi connectivity index (χ0n) is 10.9. The Balaban J connectivity index is 2.39. The van der Waals surface area contributed by atoms with Gasteiger partial charge in [-0.15, -0.1) is 0 Å². The van der Waals surface area contributed by atoms with Crippen LogP contribution in [0.5, 0.6) is 0 Å². The van der Waals surface area contributed by atoms with E-state index in [9.17, 15) is 14.9 Å². The molecule has 7 heteroatoms. The van der Waals surface area contributed by atoms with Crippen LogP contribution in [-0.4, -0.2) is 10.8 Å². The van der Waals surface area contributed by atoms with Crippen molar-refractivity contribution in [2.75, 3.05) is 5.32 Å². The Morgan fingerprint density at radius 3 is 2.67 bits per heavy atom. The molecule has 1 amide bonds. The fourth-order valence-corrected chi connectivity index (χ4v) is 2.75. The largest absolute Gasteiger partial charge is 0.322 e. The van der Waals surface area contributed by atoms with Crippen molar-refractivity contribution in [1.29, 1.82) is 0 Å². The lowest BCUT2D eigenvalue weighted by Crippen LogP contribution is -2.14. The number of aryl methyl sites for hydroxylation is 1. The van der Waals surface area contributed by atoms with Crippen molar-refractivity contribution < 1.29 is 9.72 Å². The highest BCUT2D eigenvalue weighted by Gasteiger charge is 2.23. The van der Waals surface area contributed by atoms with Crippen LogP contribution < -0.4 is 5.32 Å². The number of amides is 1. The first kappa shape index (κ1) is 15.5. The first-order chi connectivity index (χ1) is 9.88. The van der Waals surface area contributed by atoms with Gasteiger partial charge in [0.25, 0.3) is 11.6 Å². The summed E-state index contributed by atoms with van der Waals surface area (Å²) in [6, 6.07) is 9.45. The molecule has 0 atom stereocenters. The van der Waals surface area contributed by atoms with Gasteiger partial charge in [-0.25, -0.2) is 0 Å². The molecule has 0 unspecified atom stereocenters. The maximum atomic E-state index is 12.3. The van der Waals surface area contributed by atoms with Gasteiger partial charge >= 0.3 is 0 Å². The molecule has 0 heterocycles. The van der Waals surface area contributed by atoms with E-state index in [4.69, 9.17) is 11.6 Å². The van der Waals surface area contributed by atoms with E-state index in [0.29, 0.717) is 5.69 Å². The highest BCUT2D eigenvalue weighted by Crippen LogP contribution is 2.28. The second-order valence-corrected chi connectivity index (χ2v) is 5.69. The molecular weight excluding hydrogens is 360 g/mol. The third kappa shape index (κ3) is 3.59. The van der Waals surface area contributed by atoms with Crippen molar-refractivity contribution in [2.45, 2.75) is 6.92 Å². The van der Waals surface area contributed by atoms with Gasteiger partial charge in [0.1, 0.15) is 5.56 Å². The van der Waals surface area contributed by atoms with Gasteiger partial charge in [0.15, 0.2) is 0 Å². The van der Waals surface area contributed by atoms with Gasteiger partial charge in [-0.3, -0.25) is 14.9 Å². The minimum Gasteiger partial charge on any atom is -0.322 e. The van der Waals surface area contributed by atoms with E-state index in [0.717, 1.165) is 10.0 Å². The van der Waals surface area contributed by atoms with Crippen LogP contribution in [0.1, 0.15) is 15.9 Å². The van der Waals surface area contributed by atoms with Crippen LogP contribution in [0, 0.1) is 17.0 Å². The average molecular weight is 370 g/mol. The van der Waals surface area contributed by atoms with Crippen LogP contribution in [-0.2, 0) is 0 Å². The predicted octanol–water partition coefficient (Wildman–Crippen LogP) is 4.57. The molecule has 0 spiro atoms. The van der Waals surface area contributed by atoms with Gasteiger partial charge in [0, 0.05) is 16.2 Å². The van der Waals surface area contributed by atoms with Crippen LogP contribution >= 0.6 is 27.5 Å². The number of halogens is 2. The average Bonchev–Trinajstić information content (AvgIpc) is 2.36. The number of benzene rings is 2. The summed E-state index contributed by atoms with van der Waals surface area (Å²) in [6.07, 6.45) is 0. The Bertz CT molecular complexity index is 714. The molecule has 0 aliphatic rings. The molecule has 2 rings (SSSR count). The Morgan fingerprint density at radius 1 is 1.33 bits per heavy atom. The molecule has 1 N–H and O–H groups in total. The molecule has 0 saturated heterocycles. The topological polar surface area (TPSA) is 72.2 Å². The number of nitro groups is 1. The summed E-state index contributed by atoms with van der Waals surface area (Å²) in [6.45, 7) is 1.87. The molecule has 2 aromatic carbocycles. The van der Waals surface area contributed by atoms with Crippen molar-refractivity contribution in [3.63, 3.8) is 0 Å². The molecule has 21 heavy (non-hydrogen) atoms. The molecular formula is C14H10BrClN2O3. The standard InChI is InChI=1S/C14H10BrClN2O3/c1-8-5-9(15)7-10(6-8)17-14(19)13-11(16)3-2-4-12(13)18(20)21/h2-7H,1H3,(H,17,19). The molecule has 0 aliphatic carbocycles. The Hall–Kier alpha value is -1.92. The summed E-state index contributed by atoms with van der Waals surface area (Å²) in [4.78, 5) is 22.6. The lowest BCUT2D eigenvalue weighted by molar-refractivity contribution is -0.385. The maximum absolute atomic E-state index is 12.3. The van der Waals surface area contributed by atoms with Crippen molar-refractivity contribution in [2.24, 2.45) is 0 Å². The number of nitrogens with one attached hydrogen (secondary N) is 1. The smallest absolute Gasteiger partial charge is 0.283 e. The summed E-state index contributed by atoms with van der Waals surface area (Å²) in [5, 5.41) is 13.7. The van der Waals surface area contributed by atoms with E-state index < -0.39 is 10.8 Å². The number of hydrogen-bond acceptors (Lipinski definition) is 3. The number of hydrogen-bond donors (Lipinski definition) is 1. The maximum Gasteiger partial charge on any atom is 0.283 e. The minimum atomic E-state index is -0.632. The van der Waals surface area contributed by atoms with Crippen molar-refractivity contribution in [3.8, 4) is 0 Å². The van der Waals surface area contributed by atoms with Crippen LogP contribution in [0.2, 0.25) is 5.02 Å². The van der Waals surface area contributed by atoms with Gasteiger partial charge in [0.05, 0.1) is 9.95 Å². The summed E-state index contributed by atoms with van der Waals surface area (Å²) < 4.78 is 0.798. The number of nitro benzene ring substituents is 1. The molecule has 0 fully saturated rings. The number of rotatable bonds is 3. The molecule has 0 aromatic heterocycles. The fraction of sp³-hybridized carbons (Fsp3) is 0.0714. The summed E-state index contributed by atoms with van der Waals surface area (Å²) in [5.74, 6) is -0.621. The van der Waals surface area contributed by atoms with Gasteiger partial charge < -0.3 is 5.32 Å². The molecule has 2 aromatic rings. The zero-order valence-corrected chi connectivity index (χ0v) is 13.2. The quantitative estimate of drug-likeness (QED) is 0.636. The normalized spacial score (nSPS) is 10.2. The predicted molar refractivity (Wildman–Crippen MR) is 84.9 cm³/mol. The van der Waals surface area contributed by atoms with E-state index >= 15 is 0 Å². The molecule has 5 nitrogen and oxygen atoms in total. The molecule has 0 radical (unpaired) electrons. The van der Waals surface area contributed by atoms with E-state index in [1.54, 1.807) is 12.1 Å². The van der Waals surface area contributed by atoms with Gasteiger partial charge in [-0.05, 0) is 36.8 Å². The van der Waals surface area contributed by atoms with E-state index in [-0.39, 0.29) is 16.3 Å². The van der Waals surface area contributed by atoms with Gasteiger partial charge in [0.2, 0.25) is 0 Å². The van der Waals surface area contributed by atoms with Gasteiger partial charge in [-0.2, -0.15) is 0 Å². The third-order valence-electron chi connectivity index (χ3n) is 2.72. The van der Waals surface area contributed by atoms with Crippen molar-refractivity contribution in [3.05, 3.63) is 67.1 Å². The summed E-state index contributed by atoms with van der Waals surface area (Å²) in [5.41, 5.74) is 0.989. The fourth-order valence-electron chi connectivity index (χ4n) is 1.89. The van der Waals surface area contributed by atoms with Crippen LogP contribution in [0.15, 0.2) is 40.9 Å². The first-order valence-electron chi connectivity index (χ1n) is 5.90. The van der Waals surface area contributed by atoms with E-state index in [2.05, 4.69) is 21.2 Å². The molecule has 0 saturated carbocycles. The van der Waals surface area contributed by atoms with E-state index in [1.165, 1.54) is 18.2 Å². The lowest BCUT2D eigenvalue weighted by atomic mass is 10.1. The third-order valence-corrected chi connectivity index (χ3v) is 3.49. The van der Waals surface area contributed by atoms with Crippen LogP contribution in [0.25, 0.3) is 0 Å². The number of nitrogens with zero attached hydrogens (tertiary/aromatic N) is 1. The molecule has 0 bridgehead atoms. The molecule has 0 aliphatic heterocycles. The number of carbonyl (C=O) groups excluding carboxylic acids is 1. The monoisotopic (exact) mass is 368 g/mol. The summed E-state index contributed by atoms with van der Waals surface area (Å²) >= 11 is 9.25. The summed E-state index contributed by atoms with van der Waals surface area (Å²) in [7, 11) is 0.